The Morgan fingerprint density at radius 1 is 0.901 bits per heavy atom. The van der Waals surface area contributed by atoms with E-state index in [4.69, 9.17) is 18.9 Å². The van der Waals surface area contributed by atoms with Crippen molar-refractivity contribution < 1.29 is 43.2 Å². The minimum absolute atomic E-state index is 0.111. The lowest BCUT2D eigenvalue weighted by molar-refractivity contribution is -0.228. The number of esters is 3. The second-order valence-electron chi connectivity index (χ2n) is 21.5. The van der Waals surface area contributed by atoms with E-state index in [1.54, 1.807) is 7.11 Å². The Bertz CT molecular complexity index is 2790. The lowest BCUT2D eigenvalue weighted by Gasteiger charge is -2.63. The Morgan fingerprint density at radius 3 is 2.35 bits per heavy atom. The van der Waals surface area contributed by atoms with Gasteiger partial charge in [-0.25, -0.2) is 4.79 Å². The van der Waals surface area contributed by atoms with Crippen LogP contribution >= 0.6 is 0 Å². The van der Waals surface area contributed by atoms with Crippen molar-refractivity contribution in [2.45, 2.75) is 126 Å². The average molecular weight is 970 g/mol. The smallest absolute Gasteiger partial charge is 0.344 e. The van der Waals surface area contributed by atoms with E-state index in [1.807, 2.05) is 55.3 Å². The third-order valence-electron chi connectivity index (χ3n) is 18.1. The van der Waals surface area contributed by atoms with E-state index in [9.17, 15) is 19.5 Å². The number of aryl methyl sites for hydroxylation is 1. The minimum atomic E-state index is -2.33. The van der Waals surface area contributed by atoms with Crippen molar-refractivity contribution >= 4 is 40.4 Å². The van der Waals surface area contributed by atoms with Gasteiger partial charge in [0.1, 0.15) is 11.2 Å². The summed E-state index contributed by atoms with van der Waals surface area (Å²) in [7, 11) is 6.19. The minimum Gasteiger partial charge on any atom is -0.496 e. The van der Waals surface area contributed by atoms with Crippen LogP contribution in [0.1, 0.15) is 111 Å². The Labute approximate surface area is 417 Å². The van der Waals surface area contributed by atoms with Crippen LogP contribution in [0.2, 0.25) is 0 Å². The van der Waals surface area contributed by atoms with E-state index >= 15 is 4.79 Å². The summed E-state index contributed by atoms with van der Waals surface area (Å²) < 4.78 is 24.3. The number of H-pyrrole nitrogens is 1. The van der Waals surface area contributed by atoms with Gasteiger partial charge in [-0.15, -0.1) is 0 Å². The maximum Gasteiger partial charge on any atom is 0.344 e. The number of piperidine rings is 1. The monoisotopic (exact) mass is 970 g/mol. The summed E-state index contributed by atoms with van der Waals surface area (Å²) >= 11 is 0. The Morgan fingerprint density at radius 2 is 1.66 bits per heavy atom. The Kier molecular flexibility index (Phi) is 12.5. The van der Waals surface area contributed by atoms with Gasteiger partial charge in [0.2, 0.25) is 5.60 Å². The van der Waals surface area contributed by atoms with Crippen LogP contribution in [0.5, 0.6) is 5.75 Å². The van der Waals surface area contributed by atoms with Crippen molar-refractivity contribution in [3.63, 3.8) is 0 Å². The number of ether oxygens (including phenoxy) is 4. The number of rotatable bonds is 12. The number of anilines is 1. The largest absolute Gasteiger partial charge is 0.496 e. The number of aromatic nitrogens is 1. The molecule has 10 rings (SSSR count). The van der Waals surface area contributed by atoms with Crippen LogP contribution in [0.4, 0.5) is 5.69 Å². The Hall–Kier alpha value is -5.70. The molecule has 6 heterocycles. The topological polar surface area (TPSA) is 163 Å². The number of methoxy groups -OCH3 is 3. The SMILES string of the molecule is CCCCc1ccc(C(=O)N[C@@]2(CC)C[C@H]3CN(CCc4c([nH]c5ccccc45)[C@@](C(=O)OC)(c4cc5c(cc4OC)N(C)[C@H]4[C@@](O)(C(=O)OC)[C@H](OC(C)=O)[C@]6(CC)C=CCN7CC[C@]54[C@@H]76)C3)C2)cc1. The second kappa shape index (κ2) is 18.1. The number of carbonyl (C=O) groups excluding carboxylic acids is 4. The normalized spacial score (nSPS) is 32.6. The number of nitrogens with zero attached hydrogens (tertiary/aromatic N) is 3. The van der Waals surface area contributed by atoms with Crippen LogP contribution in [0.15, 0.2) is 72.8 Å². The number of para-hydroxylation sites is 1. The number of benzene rings is 3. The van der Waals surface area contributed by atoms with E-state index < -0.39 is 57.4 Å². The number of amides is 1. The molecule has 0 radical (unpaired) electrons. The lowest BCUT2D eigenvalue weighted by atomic mass is 9.47. The molecule has 3 N–H and O–H groups in total. The van der Waals surface area contributed by atoms with Crippen molar-refractivity contribution in [3.8, 4) is 5.75 Å². The maximum atomic E-state index is 15.8. The van der Waals surface area contributed by atoms with Crippen LogP contribution in [-0.2, 0) is 52.3 Å². The zero-order valence-corrected chi connectivity index (χ0v) is 42.7. The molecule has 1 aromatic heterocycles. The molecule has 2 bridgehead atoms. The van der Waals surface area contributed by atoms with E-state index in [2.05, 4.69) is 70.4 Å². The Balaban J connectivity index is 1.18. The number of unbranched alkanes of at least 4 members (excludes halogenated alkanes) is 1. The predicted molar refractivity (Wildman–Crippen MR) is 271 cm³/mol. The van der Waals surface area contributed by atoms with E-state index in [-0.39, 0.29) is 17.9 Å². The molecule has 10 atom stereocenters. The fourth-order valence-electron chi connectivity index (χ4n) is 15.2. The summed E-state index contributed by atoms with van der Waals surface area (Å²) in [6.45, 7) is 11.0. The van der Waals surface area contributed by atoms with Gasteiger partial charge in [0.25, 0.3) is 5.91 Å². The van der Waals surface area contributed by atoms with Crippen LogP contribution in [-0.4, -0.2) is 134 Å². The molecule has 2 saturated heterocycles. The van der Waals surface area contributed by atoms with Crippen molar-refractivity contribution in [2.24, 2.45) is 11.3 Å². The molecule has 3 aromatic carbocycles. The van der Waals surface area contributed by atoms with Crippen LogP contribution < -0.4 is 15.0 Å². The van der Waals surface area contributed by atoms with Gasteiger partial charge in [-0.05, 0) is 105 Å². The summed E-state index contributed by atoms with van der Waals surface area (Å²) in [5.74, 6) is -1.72. The second-order valence-corrected chi connectivity index (χ2v) is 21.5. The first-order valence-corrected chi connectivity index (χ1v) is 25.8. The molecule has 14 heteroatoms. The summed E-state index contributed by atoms with van der Waals surface area (Å²) in [5, 5.41) is 18.1. The zero-order valence-electron chi connectivity index (χ0n) is 42.7. The third-order valence-corrected chi connectivity index (χ3v) is 18.1. The molecule has 71 heavy (non-hydrogen) atoms. The van der Waals surface area contributed by atoms with Gasteiger partial charge in [-0.1, -0.05) is 69.7 Å². The molecular formula is C57H71N5O9. The first kappa shape index (κ1) is 48.9. The van der Waals surface area contributed by atoms with E-state index in [0.717, 1.165) is 52.7 Å². The van der Waals surface area contributed by atoms with Crippen molar-refractivity contribution in [1.82, 2.24) is 20.1 Å². The quantitative estimate of drug-likeness (QED) is 0.0778. The molecule has 1 saturated carbocycles. The number of aromatic amines is 1. The molecular weight excluding hydrogens is 899 g/mol. The molecule has 4 aromatic rings. The van der Waals surface area contributed by atoms with Gasteiger partial charge >= 0.3 is 17.9 Å². The highest BCUT2D eigenvalue weighted by Crippen LogP contribution is 2.68. The third kappa shape index (κ3) is 7.11. The standard InChI is InChI=1S/C57H71N5O9/c1-9-12-16-36-19-21-38(22-20-36)47(64)59-53(10-2)31-37-32-56(51(65)69-7,46-40(23-27-61(33-37)34-53)39-17-13-14-18-43(39)58-46)42-29-41-44(30-45(42)68-6)60(5)49-55(41)25-28-62-26-15-24-54(11-3,48(55)62)50(71-35(4)63)57(49,67)52(66)70-8/h13-15,17-22,24,29-30,37,48-50,58,67H,9-12,16,23,25-28,31-34H2,1-8H3,(H,59,64)/t37-,48+,49-,50-,53+,54-,55-,56+,57+/m1/s1. The molecule has 3 fully saturated rings. The highest BCUT2D eigenvalue weighted by atomic mass is 16.6. The molecule has 1 aliphatic carbocycles. The molecule has 1 amide bonds. The average Bonchev–Trinajstić information content (AvgIpc) is 4.04. The maximum absolute atomic E-state index is 15.8. The molecule has 14 nitrogen and oxygen atoms in total. The predicted octanol–water partition coefficient (Wildman–Crippen LogP) is 6.77. The van der Waals surface area contributed by atoms with Crippen molar-refractivity contribution in [3.05, 3.63) is 106 Å². The summed E-state index contributed by atoms with van der Waals surface area (Å²) in [6, 6.07) is 19.0. The van der Waals surface area contributed by atoms with Crippen LogP contribution in [0.3, 0.4) is 0 Å². The van der Waals surface area contributed by atoms with E-state index in [0.29, 0.717) is 88.1 Å². The first-order chi connectivity index (χ1) is 34.1. The van der Waals surface area contributed by atoms with Gasteiger partial charge in [-0.3, -0.25) is 19.3 Å². The molecule has 1 unspecified atom stereocenters. The van der Waals surface area contributed by atoms with Crippen LogP contribution in [0, 0.1) is 11.3 Å². The number of nitrogens with one attached hydrogen (secondary N) is 2. The lowest BCUT2D eigenvalue weighted by Crippen LogP contribution is -2.81. The van der Waals surface area contributed by atoms with Gasteiger partial charge in [0.15, 0.2) is 6.10 Å². The summed E-state index contributed by atoms with van der Waals surface area (Å²) in [5.41, 5.74) is 0.350. The fraction of sp³-hybridized carbons (Fsp3) is 0.544. The highest BCUT2D eigenvalue weighted by Gasteiger charge is 2.80. The number of fused-ring (bicyclic) bond motifs is 6. The first-order valence-electron chi connectivity index (χ1n) is 25.8. The number of hydrogen-bond donors (Lipinski definition) is 3. The van der Waals surface area contributed by atoms with Gasteiger partial charge < -0.3 is 44.2 Å². The molecule has 1 spiro atoms. The van der Waals surface area contributed by atoms with Crippen molar-refractivity contribution in [2.75, 3.05) is 66.0 Å². The summed E-state index contributed by atoms with van der Waals surface area (Å²) in [4.78, 5) is 68.5. The van der Waals surface area contributed by atoms with E-state index in [1.165, 1.54) is 26.7 Å². The van der Waals surface area contributed by atoms with Gasteiger partial charge in [0.05, 0.1) is 32.9 Å². The van der Waals surface area contributed by atoms with Crippen molar-refractivity contribution in [1.29, 1.82) is 0 Å². The number of likely N-dealkylation sites (N-methyl/N-ethyl adjacent to an activating group) is 1. The fourth-order valence-corrected chi connectivity index (χ4v) is 15.2. The number of aliphatic hydroxyl groups is 1. The molecule has 378 valence electrons. The number of carbonyl (C=O) groups is 4. The highest BCUT2D eigenvalue weighted by molar-refractivity contribution is 5.96. The van der Waals surface area contributed by atoms with Gasteiger partial charge in [0, 0.05) is 96.5 Å². The molecule has 5 aliphatic heterocycles. The van der Waals surface area contributed by atoms with Crippen LogP contribution in [0.25, 0.3) is 10.9 Å². The van der Waals surface area contributed by atoms with Gasteiger partial charge in [-0.2, -0.15) is 0 Å². The summed E-state index contributed by atoms with van der Waals surface area (Å²) in [6.07, 6.45) is 9.24. The zero-order chi connectivity index (χ0) is 50.3. The number of hydrogen-bond acceptors (Lipinski definition) is 12. The molecule has 6 aliphatic rings.